The van der Waals surface area contributed by atoms with Crippen molar-refractivity contribution in [2.75, 3.05) is 19.0 Å². The van der Waals surface area contributed by atoms with Crippen LogP contribution in [0.4, 0.5) is 4.79 Å². The Labute approximate surface area is 128 Å². The minimum Gasteiger partial charge on any atom is -0.478 e. The van der Waals surface area contributed by atoms with Crippen molar-refractivity contribution >= 4 is 30.0 Å². The average Bonchev–Trinajstić information content (AvgIpc) is 2.43. The number of urea groups is 1. The molecule has 0 heterocycles. The molecule has 0 atom stereocenters. The number of rotatable bonds is 11. The van der Waals surface area contributed by atoms with E-state index in [1.807, 2.05) is 5.32 Å². The van der Waals surface area contributed by atoms with Crippen LogP contribution in [0.1, 0.15) is 33.1 Å². The Morgan fingerprint density at radius 1 is 1.24 bits per heavy atom. The van der Waals surface area contributed by atoms with Crippen LogP contribution in [0.2, 0.25) is 0 Å². The standard InChI is InChI=1S/C13H22N2O5S/c1-10(18)8-21-11(2)12(15-13(19)14-9-17)20-7-5-3-4-6-16/h9,16H,3-8H2,1-2H3,(H2,14,15,17,19)/b12-11-. The molecule has 0 aliphatic rings. The normalized spacial score (nSPS) is 11.4. The van der Waals surface area contributed by atoms with Crippen molar-refractivity contribution in [2.45, 2.75) is 33.1 Å². The van der Waals surface area contributed by atoms with Crippen molar-refractivity contribution in [1.29, 1.82) is 0 Å². The Kier molecular flexibility index (Phi) is 11.3. The summed E-state index contributed by atoms with van der Waals surface area (Å²) in [7, 11) is 0. The molecule has 0 aromatic heterocycles. The predicted molar refractivity (Wildman–Crippen MR) is 80.5 cm³/mol. The Morgan fingerprint density at radius 2 is 1.95 bits per heavy atom. The molecule has 0 rings (SSSR count). The highest BCUT2D eigenvalue weighted by atomic mass is 32.2. The third kappa shape index (κ3) is 10.9. The van der Waals surface area contributed by atoms with Gasteiger partial charge < -0.3 is 9.84 Å². The minimum absolute atomic E-state index is 0.0130. The maximum Gasteiger partial charge on any atom is 0.328 e. The van der Waals surface area contributed by atoms with Gasteiger partial charge in [0, 0.05) is 11.5 Å². The number of ketones is 1. The highest BCUT2D eigenvalue weighted by molar-refractivity contribution is 8.03. The molecule has 0 spiro atoms. The van der Waals surface area contributed by atoms with E-state index in [2.05, 4.69) is 5.32 Å². The van der Waals surface area contributed by atoms with Gasteiger partial charge in [0.1, 0.15) is 5.78 Å². The second-order valence-electron chi connectivity index (χ2n) is 4.23. The van der Waals surface area contributed by atoms with E-state index in [-0.39, 0.29) is 30.4 Å². The van der Waals surface area contributed by atoms with Crippen molar-refractivity contribution in [1.82, 2.24) is 10.6 Å². The zero-order valence-corrected chi connectivity index (χ0v) is 13.1. The third-order valence-corrected chi connectivity index (χ3v) is 3.45. The fourth-order valence-electron chi connectivity index (χ4n) is 1.26. The first-order chi connectivity index (χ1) is 10.0. The van der Waals surface area contributed by atoms with E-state index in [1.54, 1.807) is 6.92 Å². The number of aliphatic hydroxyl groups excluding tert-OH is 1. The number of allylic oxidation sites excluding steroid dienone is 1. The van der Waals surface area contributed by atoms with E-state index < -0.39 is 6.03 Å². The first-order valence-electron chi connectivity index (χ1n) is 6.59. The van der Waals surface area contributed by atoms with E-state index in [0.717, 1.165) is 12.8 Å². The Hall–Kier alpha value is -1.54. The van der Waals surface area contributed by atoms with E-state index in [9.17, 15) is 14.4 Å². The van der Waals surface area contributed by atoms with Gasteiger partial charge in [-0.05, 0) is 33.1 Å². The first kappa shape index (κ1) is 19.5. The maximum absolute atomic E-state index is 11.4. The number of nitrogens with one attached hydrogen (secondary N) is 2. The number of ether oxygens (including phenoxy) is 1. The number of hydrogen-bond acceptors (Lipinski definition) is 6. The van der Waals surface area contributed by atoms with Gasteiger partial charge in [-0.1, -0.05) is 0 Å². The summed E-state index contributed by atoms with van der Waals surface area (Å²) in [5.74, 6) is 0.517. The number of carbonyl (C=O) groups is 3. The average molecular weight is 318 g/mol. The van der Waals surface area contributed by atoms with E-state index in [4.69, 9.17) is 9.84 Å². The number of unbranched alkanes of at least 4 members (excludes halogenated alkanes) is 2. The zero-order valence-electron chi connectivity index (χ0n) is 12.3. The summed E-state index contributed by atoms with van der Waals surface area (Å²) in [6.45, 7) is 3.70. The Balaban J connectivity index is 4.51. The first-order valence-corrected chi connectivity index (χ1v) is 7.57. The lowest BCUT2D eigenvalue weighted by atomic mass is 10.2. The Morgan fingerprint density at radius 3 is 2.52 bits per heavy atom. The molecule has 21 heavy (non-hydrogen) atoms. The van der Waals surface area contributed by atoms with Crippen LogP contribution in [0, 0.1) is 0 Å². The van der Waals surface area contributed by atoms with Crippen molar-refractivity contribution in [3.8, 4) is 0 Å². The number of thioether (sulfide) groups is 1. The number of amides is 3. The van der Waals surface area contributed by atoms with Crippen LogP contribution in [0.25, 0.3) is 0 Å². The Bertz CT molecular complexity index is 385. The highest BCUT2D eigenvalue weighted by Gasteiger charge is 2.10. The molecule has 7 nitrogen and oxygen atoms in total. The van der Waals surface area contributed by atoms with Gasteiger partial charge in [0.15, 0.2) is 0 Å². The smallest absolute Gasteiger partial charge is 0.328 e. The summed E-state index contributed by atoms with van der Waals surface area (Å²) in [4.78, 5) is 33.2. The van der Waals surface area contributed by atoms with Gasteiger partial charge in [-0.25, -0.2) is 4.79 Å². The third-order valence-electron chi connectivity index (χ3n) is 2.28. The molecule has 3 N–H and O–H groups in total. The maximum atomic E-state index is 11.4. The molecule has 0 unspecified atom stereocenters. The van der Waals surface area contributed by atoms with Crippen LogP contribution in [-0.4, -0.2) is 42.3 Å². The quantitative estimate of drug-likeness (QED) is 0.300. The summed E-state index contributed by atoms with van der Waals surface area (Å²) in [6.07, 6.45) is 2.50. The van der Waals surface area contributed by atoms with Gasteiger partial charge in [-0.3, -0.25) is 20.2 Å². The summed E-state index contributed by atoms with van der Waals surface area (Å²) in [5.41, 5.74) is 0. The van der Waals surface area contributed by atoms with Gasteiger partial charge in [-0.15, -0.1) is 11.8 Å². The molecule has 0 radical (unpaired) electrons. The fourth-order valence-corrected chi connectivity index (χ4v) is 1.92. The molecule has 3 amide bonds. The van der Waals surface area contributed by atoms with Crippen LogP contribution in [-0.2, 0) is 14.3 Å². The van der Waals surface area contributed by atoms with Gasteiger partial charge in [-0.2, -0.15) is 0 Å². The van der Waals surface area contributed by atoms with Gasteiger partial charge in [0.2, 0.25) is 12.3 Å². The van der Waals surface area contributed by atoms with Crippen molar-refractivity contribution in [3.63, 3.8) is 0 Å². The molecule has 120 valence electrons. The molecule has 0 fully saturated rings. The second-order valence-corrected chi connectivity index (χ2v) is 5.41. The fraction of sp³-hybridized carbons (Fsp3) is 0.615. The summed E-state index contributed by atoms with van der Waals surface area (Å²) < 4.78 is 5.48. The number of Topliss-reactive ketones (excluding diaryl/α,β-unsaturated/α-hetero) is 1. The monoisotopic (exact) mass is 318 g/mol. The van der Waals surface area contributed by atoms with Gasteiger partial charge in [0.25, 0.3) is 0 Å². The molecule has 0 aromatic carbocycles. The van der Waals surface area contributed by atoms with E-state index in [1.165, 1.54) is 18.7 Å². The summed E-state index contributed by atoms with van der Waals surface area (Å²) in [6, 6.07) is -0.696. The molecule has 0 saturated heterocycles. The van der Waals surface area contributed by atoms with Crippen molar-refractivity contribution < 1.29 is 24.2 Å². The molecule has 0 bridgehead atoms. The zero-order chi connectivity index (χ0) is 16.1. The molecule has 0 aliphatic heterocycles. The van der Waals surface area contributed by atoms with E-state index in [0.29, 0.717) is 17.9 Å². The molecule has 0 saturated carbocycles. The number of imide groups is 1. The molecule has 0 aromatic rings. The summed E-state index contributed by atoms with van der Waals surface area (Å²) >= 11 is 1.26. The number of hydrogen-bond donors (Lipinski definition) is 3. The topological polar surface area (TPSA) is 105 Å². The van der Waals surface area contributed by atoms with Crippen LogP contribution < -0.4 is 10.6 Å². The second kappa shape index (κ2) is 12.2. The summed E-state index contributed by atoms with van der Waals surface area (Å²) in [5, 5.41) is 13.1. The number of carbonyl (C=O) groups excluding carboxylic acids is 3. The molecule has 8 heteroatoms. The lowest BCUT2D eigenvalue weighted by Crippen LogP contribution is -2.35. The van der Waals surface area contributed by atoms with Crippen LogP contribution in [0.3, 0.4) is 0 Å². The lowest BCUT2D eigenvalue weighted by molar-refractivity contribution is -0.114. The largest absolute Gasteiger partial charge is 0.478 e. The van der Waals surface area contributed by atoms with E-state index >= 15 is 0 Å². The van der Waals surface area contributed by atoms with Crippen LogP contribution in [0.5, 0.6) is 0 Å². The predicted octanol–water partition coefficient (Wildman–Crippen LogP) is 1.13. The molecule has 0 aliphatic carbocycles. The van der Waals surface area contributed by atoms with Crippen LogP contribution >= 0.6 is 11.8 Å². The van der Waals surface area contributed by atoms with Gasteiger partial charge >= 0.3 is 6.03 Å². The lowest BCUT2D eigenvalue weighted by Gasteiger charge is -2.14. The SMILES string of the molecule is CC(=O)CS/C(C)=C(/NC(=O)NC=O)OCCCCCO. The van der Waals surface area contributed by atoms with Crippen molar-refractivity contribution in [3.05, 3.63) is 10.8 Å². The van der Waals surface area contributed by atoms with Crippen LogP contribution in [0.15, 0.2) is 10.8 Å². The van der Waals surface area contributed by atoms with Crippen molar-refractivity contribution in [2.24, 2.45) is 0 Å². The highest BCUT2D eigenvalue weighted by Crippen LogP contribution is 2.19. The molecular formula is C13H22N2O5S. The molecular weight excluding hydrogens is 296 g/mol. The minimum atomic E-state index is -0.696. The van der Waals surface area contributed by atoms with Gasteiger partial charge in [0.05, 0.1) is 12.4 Å². The number of aliphatic hydroxyl groups is 1.